The molecule has 17 heavy (non-hydrogen) atoms. The van der Waals surface area contributed by atoms with Gasteiger partial charge in [-0.05, 0) is 12.8 Å². The van der Waals surface area contributed by atoms with Crippen molar-refractivity contribution in [1.82, 2.24) is 9.13 Å². The van der Waals surface area contributed by atoms with Gasteiger partial charge in [0.25, 0.3) is 0 Å². The van der Waals surface area contributed by atoms with E-state index in [0.717, 1.165) is 5.92 Å². The first-order valence-electron chi connectivity index (χ1n) is 6.59. The summed E-state index contributed by atoms with van der Waals surface area (Å²) in [5.41, 5.74) is 5.53. The fourth-order valence-electron chi connectivity index (χ4n) is 2.16. The van der Waals surface area contributed by atoms with Gasteiger partial charge in [-0.15, -0.1) is 0 Å². The second-order valence-corrected chi connectivity index (χ2v) is 6.31. The van der Waals surface area contributed by atoms with Crippen LogP contribution >= 0.6 is 0 Å². The fourth-order valence-corrected chi connectivity index (χ4v) is 2.71. The third-order valence-electron chi connectivity index (χ3n) is 3.51. The maximum absolute atomic E-state index is 5.53. The van der Waals surface area contributed by atoms with Crippen LogP contribution in [-0.2, 0) is 32.9 Å². The van der Waals surface area contributed by atoms with Crippen molar-refractivity contribution >= 4 is 0 Å². The number of nitrogens with zero attached hydrogens (tertiary/aromatic N) is 2. The van der Waals surface area contributed by atoms with E-state index < -0.39 is 0 Å². The van der Waals surface area contributed by atoms with Gasteiger partial charge in [-0.25, -0.2) is 0 Å². The molecule has 4 heteroatoms. The molecule has 2 saturated carbocycles. The van der Waals surface area contributed by atoms with Crippen molar-refractivity contribution in [2.24, 2.45) is 18.7 Å². The van der Waals surface area contributed by atoms with Gasteiger partial charge in [-0.3, -0.25) is 0 Å². The molecular formula is C13H23N3Pt. The van der Waals surface area contributed by atoms with Crippen molar-refractivity contribution in [1.29, 1.82) is 0 Å². The van der Waals surface area contributed by atoms with Gasteiger partial charge in [0.1, 0.15) is 0 Å². The molecule has 0 aliphatic heterocycles. The Bertz CT molecular complexity index is 397. The quantitative estimate of drug-likeness (QED) is 0.789. The van der Waals surface area contributed by atoms with Crippen molar-refractivity contribution in [3.05, 3.63) is 16.2 Å². The maximum Gasteiger partial charge on any atom is 0.00388 e. The molecule has 0 amide bonds. The molecule has 100 valence electrons. The average Bonchev–Trinajstić information content (AvgIpc) is 2.92. The van der Waals surface area contributed by atoms with E-state index in [1.165, 1.54) is 48.9 Å². The van der Waals surface area contributed by atoms with Gasteiger partial charge in [-0.1, -0.05) is 12.8 Å². The topological polar surface area (TPSA) is 35.9 Å². The van der Waals surface area contributed by atoms with Crippen LogP contribution in [0.15, 0.2) is 12.4 Å². The molecule has 3 nitrogen and oxygen atoms in total. The summed E-state index contributed by atoms with van der Waals surface area (Å²) >= 11 is 2.37. The Morgan fingerprint density at radius 3 is 2.24 bits per heavy atom. The number of aryl methyl sites for hydroxylation is 1. The van der Waals surface area contributed by atoms with Crippen LogP contribution in [0.4, 0.5) is 0 Å². The summed E-state index contributed by atoms with van der Waals surface area (Å²) in [5, 5.41) is 0. The summed E-state index contributed by atoms with van der Waals surface area (Å²) in [7, 11) is 2.09. The zero-order valence-corrected chi connectivity index (χ0v) is 12.8. The van der Waals surface area contributed by atoms with E-state index in [-0.39, 0.29) is 0 Å². The van der Waals surface area contributed by atoms with Gasteiger partial charge in [-0.2, -0.15) is 0 Å². The predicted octanol–water partition coefficient (Wildman–Crippen LogP) is 2.20. The molecule has 1 heterocycles. The number of rotatable bonds is 2. The molecule has 0 spiro atoms. The Hall–Kier alpha value is -0.142. The number of aromatic nitrogens is 2. The molecule has 0 unspecified atom stereocenters. The van der Waals surface area contributed by atoms with Crippen LogP contribution in [0.2, 0.25) is 0 Å². The smallest absolute Gasteiger partial charge is 0.00388 e. The van der Waals surface area contributed by atoms with Gasteiger partial charge in [0.05, 0.1) is 0 Å². The number of imidazole rings is 1. The molecule has 2 aliphatic rings. The summed E-state index contributed by atoms with van der Waals surface area (Å²) < 4.78 is 5.82. The third-order valence-corrected chi connectivity index (χ3v) is 4.96. The van der Waals surface area contributed by atoms with E-state index in [1.807, 2.05) is 0 Å². The van der Waals surface area contributed by atoms with Crippen LogP contribution in [0.3, 0.4) is 0 Å². The molecule has 2 aliphatic carbocycles. The minimum Gasteiger partial charge on any atom is -0.328 e. The number of hydrogen-bond acceptors (Lipinski definition) is 1. The largest absolute Gasteiger partial charge is 0.328 e. The molecular weight excluding hydrogens is 393 g/mol. The maximum atomic E-state index is 5.53. The van der Waals surface area contributed by atoms with E-state index in [0.29, 0.717) is 6.04 Å². The summed E-state index contributed by atoms with van der Waals surface area (Å²) in [6.45, 7) is 1.22. The van der Waals surface area contributed by atoms with E-state index in [1.54, 1.807) is 0 Å². The summed E-state index contributed by atoms with van der Waals surface area (Å²) in [4.78, 5) is 0. The minimum absolute atomic E-state index is 0.546. The van der Waals surface area contributed by atoms with Crippen LogP contribution in [0.1, 0.15) is 38.5 Å². The summed E-state index contributed by atoms with van der Waals surface area (Å²) in [6.07, 6.45) is 12.4. The zero-order valence-electron chi connectivity index (χ0n) is 10.5. The third kappa shape index (κ3) is 4.22. The van der Waals surface area contributed by atoms with E-state index in [4.69, 9.17) is 5.73 Å². The van der Waals surface area contributed by atoms with Crippen molar-refractivity contribution in [2.45, 2.75) is 51.1 Å². The first kappa shape index (κ1) is 13.3. The molecule has 2 fully saturated rings. The molecule has 0 radical (unpaired) electrons. The monoisotopic (exact) mass is 416 g/mol. The first-order valence-corrected chi connectivity index (χ1v) is 7.73. The van der Waals surface area contributed by atoms with Gasteiger partial charge in [0.2, 0.25) is 0 Å². The van der Waals surface area contributed by atoms with Crippen LogP contribution < -0.4 is 5.73 Å². The van der Waals surface area contributed by atoms with Gasteiger partial charge < -0.3 is 5.73 Å². The normalized spacial score (nSPS) is 20.2. The molecule has 0 atom stereocenters. The van der Waals surface area contributed by atoms with Crippen LogP contribution in [0.25, 0.3) is 0 Å². The van der Waals surface area contributed by atoms with Crippen molar-refractivity contribution in [2.75, 3.05) is 0 Å². The Labute approximate surface area is 114 Å². The van der Waals surface area contributed by atoms with Gasteiger partial charge >= 0.3 is 77.0 Å². The van der Waals surface area contributed by atoms with Crippen LogP contribution in [0.5, 0.6) is 0 Å². The Morgan fingerprint density at radius 1 is 1.24 bits per heavy atom. The van der Waals surface area contributed by atoms with E-state index >= 15 is 0 Å². The Kier molecular flexibility index (Phi) is 4.81. The van der Waals surface area contributed by atoms with Gasteiger partial charge in [0.15, 0.2) is 0 Å². The minimum atomic E-state index is 0.546. The second kappa shape index (κ2) is 6.15. The fraction of sp³-hybridized carbons (Fsp3) is 0.769. The molecule has 3 rings (SSSR count). The zero-order chi connectivity index (χ0) is 12.3. The van der Waals surface area contributed by atoms with Gasteiger partial charge in [0, 0.05) is 6.04 Å². The van der Waals surface area contributed by atoms with Crippen molar-refractivity contribution < 1.29 is 19.4 Å². The number of hydrogen-bond donors (Lipinski definition) is 1. The number of nitrogens with two attached hydrogens (primary N) is 1. The average molecular weight is 416 g/mol. The van der Waals surface area contributed by atoms with E-state index in [2.05, 4.69) is 47.9 Å². The second-order valence-electron chi connectivity index (χ2n) is 5.29. The SMILES string of the molecule is Cn1ccn(CC2CC2)[c]1=[Pt].NC1CCCC1. The van der Waals surface area contributed by atoms with Crippen molar-refractivity contribution in [3.63, 3.8) is 0 Å². The van der Waals surface area contributed by atoms with Crippen LogP contribution in [0, 0.1) is 9.72 Å². The molecule has 0 aromatic carbocycles. The molecule has 0 bridgehead atoms. The Morgan fingerprint density at radius 2 is 1.88 bits per heavy atom. The van der Waals surface area contributed by atoms with Crippen molar-refractivity contribution in [3.8, 4) is 0 Å². The summed E-state index contributed by atoms with van der Waals surface area (Å²) in [6, 6.07) is 0.546. The summed E-state index contributed by atoms with van der Waals surface area (Å²) in [5.74, 6) is 0.969. The van der Waals surface area contributed by atoms with Crippen LogP contribution in [-0.4, -0.2) is 15.2 Å². The molecule has 1 aromatic heterocycles. The van der Waals surface area contributed by atoms with E-state index in [9.17, 15) is 0 Å². The standard InChI is InChI=1S/C8H12N2.C5H11N.Pt/c1-9-4-5-10(7-9)6-8-2-3-8;6-5-3-1-2-4-5;/h4-5,8H,2-3,6H2,1H3;5H,1-4,6H2;. The molecule has 2 N–H and O–H groups in total. The first-order chi connectivity index (χ1) is 8.16. The Balaban J connectivity index is 0.000000153. The molecule has 0 saturated heterocycles. The molecule has 1 aromatic rings. The predicted molar refractivity (Wildman–Crippen MR) is 65.8 cm³/mol.